The average Bonchev–Trinajstić information content (AvgIpc) is 3.07. The predicted molar refractivity (Wildman–Crippen MR) is 78.1 cm³/mol. The van der Waals surface area contributed by atoms with Gasteiger partial charge in [0.15, 0.2) is 0 Å². The lowest BCUT2D eigenvalue weighted by molar-refractivity contribution is -0.389. The predicted octanol–water partition coefficient (Wildman–Crippen LogP) is 1.87. The molecule has 9 nitrogen and oxygen atoms in total. The van der Waals surface area contributed by atoms with Crippen molar-refractivity contribution in [2.75, 3.05) is 6.54 Å². The van der Waals surface area contributed by atoms with E-state index in [1.54, 1.807) is 0 Å². The third-order valence-corrected chi connectivity index (χ3v) is 3.57. The number of fused-ring (bicyclic) bond motifs is 1. The number of nitro groups is 1. The zero-order valence-electron chi connectivity index (χ0n) is 12.3. The standard InChI is InChI=1S/C14H13FN4O5/c15-10-3-1-9(2-4-10)5-18(14(20)21)7-11-6-17-8-12(19(22)23)16-13(17)24-11/h1-4,8,11H,5-7H2,(H,20,21). The van der Waals surface area contributed by atoms with Gasteiger partial charge in [-0.2, -0.15) is 0 Å². The third kappa shape index (κ3) is 3.26. The van der Waals surface area contributed by atoms with Crippen molar-refractivity contribution < 1.29 is 24.0 Å². The molecule has 0 saturated heterocycles. The second-order valence-corrected chi connectivity index (χ2v) is 5.32. The van der Waals surface area contributed by atoms with Crippen LogP contribution in [0.2, 0.25) is 0 Å². The summed E-state index contributed by atoms with van der Waals surface area (Å²) < 4.78 is 19.8. The topological polar surface area (TPSA) is 111 Å². The first-order valence-electron chi connectivity index (χ1n) is 7.03. The van der Waals surface area contributed by atoms with Gasteiger partial charge in [-0.15, -0.1) is 0 Å². The number of rotatable bonds is 5. The number of nitrogens with zero attached hydrogens (tertiary/aromatic N) is 4. The summed E-state index contributed by atoms with van der Waals surface area (Å²) in [7, 11) is 0. The van der Waals surface area contributed by atoms with Crippen molar-refractivity contribution in [3.05, 3.63) is 52.0 Å². The fourth-order valence-corrected chi connectivity index (χ4v) is 2.47. The van der Waals surface area contributed by atoms with E-state index in [-0.39, 0.29) is 31.5 Å². The minimum atomic E-state index is -1.14. The second kappa shape index (κ2) is 6.14. The van der Waals surface area contributed by atoms with Crippen molar-refractivity contribution in [3.8, 4) is 6.01 Å². The zero-order chi connectivity index (χ0) is 17.3. The van der Waals surface area contributed by atoms with E-state index in [1.165, 1.54) is 35.0 Å². The molecule has 0 aliphatic carbocycles. The molecule has 0 spiro atoms. The van der Waals surface area contributed by atoms with E-state index in [0.29, 0.717) is 5.56 Å². The maximum atomic E-state index is 12.9. The molecule has 1 unspecified atom stereocenters. The highest BCUT2D eigenvalue weighted by atomic mass is 19.1. The van der Waals surface area contributed by atoms with Crippen LogP contribution in [0.25, 0.3) is 0 Å². The minimum absolute atomic E-state index is 0.0594. The number of carboxylic acid groups (broad SMARTS) is 1. The number of hydrogen-bond donors (Lipinski definition) is 1. The number of amides is 1. The molecular formula is C14H13FN4O5. The molecule has 1 aliphatic heterocycles. The Morgan fingerprint density at radius 2 is 2.21 bits per heavy atom. The van der Waals surface area contributed by atoms with E-state index in [4.69, 9.17) is 4.74 Å². The first kappa shape index (κ1) is 15.7. The van der Waals surface area contributed by atoms with Crippen molar-refractivity contribution >= 4 is 11.9 Å². The molecule has 1 aliphatic rings. The van der Waals surface area contributed by atoms with Gasteiger partial charge >= 0.3 is 17.9 Å². The van der Waals surface area contributed by atoms with Crippen molar-refractivity contribution in [1.29, 1.82) is 0 Å². The van der Waals surface area contributed by atoms with Gasteiger partial charge in [-0.3, -0.25) is 4.57 Å². The summed E-state index contributed by atoms with van der Waals surface area (Å²) >= 11 is 0. The van der Waals surface area contributed by atoms with Gasteiger partial charge in [0, 0.05) is 11.5 Å². The quantitative estimate of drug-likeness (QED) is 0.659. The van der Waals surface area contributed by atoms with Crippen LogP contribution in [-0.4, -0.2) is 43.2 Å². The molecule has 1 N–H and O–H groups in total. The Kier molecular flexibility index (Phi) is 4.02. The third-order valence-electron chi connectivity index (χ3n) is 3.57. The Bertz CT molecular complexity index is 752. The number of ether oxygens (including phenoxy) is 1. The molecule has 0 radical (unpaired) electrons. The number of aromatic nitrogens is 2. The van der Waals surface area contributed by atoms with Crippen LogP contribution in [0.1, 0.15) is 5.56 Å². The van der Waals surface area contributed by atoms with Gasteiger partial charge in [0.05, 0.1) is 13.1 Å². The first-order valence-corrected chi connectivity index (χ1v) is 7.03. The Morgan fingerprint density at radius 3 is 2.79 bits per heavy atom. The van der Waals surface area contributed by atoms with Crippen LogP contribution in [0.3, 0.4) is 0 Å². The lowest BCUT2D eigenvalue weighted by atomic mass is 10.2. The Morgan fingerprint density at radius 1 is 1.50 bits per heavy atom. The molecule has 24 heavy (non-hydrogen) atoms. The normalized spacial score (nSPS) is 15.6. The SMILES string of the molecule is O=C(O)N(Cc1ccc(F)cc1)CC1Cn2cc([N+](=O)[O-])nc2O1. The molecule has 1 amide bonds. The highest BCUT2D eigenvalue weighted by Gasteiger charge is 2.33. The molecule has 0 bridgehead atoms. The number of hydrogen-bond acceptors (Lipinski definition) is 5. The second-order valence-electron chi connectivity index (χ2n) is 5.32. The summed E-state index contributed by atoms with van der Waals surface area (Å²) in [4.78, 5) is 26.3. The van der Waals surface area contributed by atoms with Gasteiger partial charge in [0.25, 0.3) is 0 Å². The Hall–Kier alpha value is -3.17. The van der Waals surface area contributed by atoms with Crippen LogP contribution in [-0.2, 0) is 13.1 Å². The molecule has 2 heterocycles. The molecular weight excluding hydrogens is 323 g/mol. The van der Waals surface area contributed by atoms with E-state index < -0.39 is 22.9 Å². The van der Waals surface area contributed by atoms with Gasteiger partial charge in [-0.25, -0.2) is 9.18 Å². The Labute approximate surface area is 135 Å². The van der Waals surface area contributed by atoms with Crippen LogP contribution in [0, 0.1) is 15.9 Å². The van der Waals surface area contributed by atoms with Crippen molar-refractivity contribution in [3.63, 3.8) is 0 Å². The highest BCUT2D eigenvalue weighted by Crippen LogP contribution is 2.25. The summed E-state index contributed by atoms with van der Waals surface area (Å²) in [5.41, 5.74) is 0.644. The number of benzene rings is 1. The lowest BCUT2D eigenvalue weighted by Gasteiger charge is -2.22. The number of carbonyl (C=O) groups is 1. The Balaban J connectivity index is 1.64. The van der Waals surface area contributed by atoms with E-state index in [2.05, 4.69) is 4.98 Å². The van der Waals surface area contributed by atoms with E-state index >= 15 is 0 Å². The molecule has 1 aromatic heterocycles. The van der Waals surface area contributed by atoms with Gasteiger partial charge in [-0.05, 0) is 22.6 Å². The molecule has 2 aromatic rings. The van der Waals surface area contributed by atoms with Crippen LogP contribution in [0.15, 0.2) is 30.5 Å². The fraction of sp³-hybridized carbons (Fsp3) is 0.286. The van der Waals surface area contributed by atoms with E-state index in [0.717, 1.165) is 4.90 Å². The summed E-state index contributed by atoms with van der Waals surface area (Å²) in [6.07, 6.45) is -0.385. The van der Waals surface area contributed by atoms with Crippen LogP contribution in [0.4, 0.5) is 15.0 Å². The van der Waals surface area contributed by atoms with Crippen LogP contribution >= 0.6 is 0 Å². The average molecular weight is 336 g/mol. The van der Waals surface area contributed by atoms with E-state index in [1.807, 2.05) is 0 Å². The monoisotopic (exact) mass is 336 g/mol. The molecule has 1 atom stereocenters. The summed E-state index contributed by atoms with van der Waals surface area (Å²) in [6, 6.07) is 5.63. The van der Waals surface area contributed by atoms with Gasteiger partial charge in [-0.1, -0.05) is 12.1 Å². The summed E-state index contributed by atoms with van der Waals surface area (Å²) in [6.45, 7) is 0.408. The van der Waals surface area contributed by atoms with Gasteiger partial charge in [0.2, 0.25) is 0 Å². The largest absolute Gasteiger partial charge is 0.465 e. The molecule has 10 heteroatoms. The van der Waals surface area contributed by atoms with Crippen molar-refractivity contribution in [2.24, 2.45) is 0 Å². The number of imidazole rings is 1. The summed E-state index contributed by atoms with van der Waals surface area (Å²) in [5.74, 6) is -0.711. The lowest BCUT2D eigenvalue weighted by Crippen LogP contribution is -2.38. The van der Waals surface area contributed by atoms with Crippen LogP contribution < -0.4 is 4.74 Å². The zero-order valence-corrected chi connectivity index (χ0v) is 12.3. The molecule has 1 aromatic carbocycles. The fourth-order valence-electron chi connectivity index (χ4n) is 2.47. The maximum absolute atomic E-state index is 12.9. The highest BCUT2D eigenvalue weighted by molar-refractivity contribution is 5.65. The maximum Gasteiger partial charge on any atom is 0.414 e. The molecule has 3 rings (SSSR count). The smallest absolute Gasteiger partial charge is 0.414 e. The van der Waals surface area contributed by atoms with Gasteiger partial charge in [0.1, 0.15) is 18.1 Å². The summed E-state index contributed by atoms with van der Waals surface area (Å²) in [5, 5.41) is 20.0. The molecule has 0 saturated carbocycles. The number of halogens is 1. The molecule has 126 valence electrons. The van der Waals surface area contributed by atoms with Crippen molar-refractivity contribution in [1.82, 2.24) is 14.5 Å². The van der Waals surface area contributed by atoms with Crippen molar-refractivity contribution in [2.45, 2.75) is 19.2 Å². The van der Waals surface area contributed by atoms with Crippen LogP contribution in [0.5, 0.6) is 6.01 Å². The first-order chi connectivity index (χ1) is 11.4. The minimum Gasteiger partial charge on any atom is -0.465 e. The van der Waals surface area contributed by atoms with Gasteiger partial charge < -0.3 is 24.9 Å². The van der Waals surface area contributed by atoms with E-state index in [9.17, 15) is 24.4 Å². The molecule has 0 fully saturated rings.